The zero-order valence-corrected chi connectivity index (χ0v) is 28.4. The van der Waals surface area contributed by atoms with Crippen molar-refractivity contribution in [2.75, 3.05) is 31.2 Å². The summed E-state index contributed by atoms with van der Waals surface area (Å²) < 4.78 is 46.6. The molecule has 2 aliphatic heterocycles. The number of carbonyl (C=O) groups excluding carboxylic acids is 2. The molecule has 1 N–H and O–H groups in total. The van der Waals surface area contributed by atoms with Gasteiger partial charge >= 0.3 is 5.97 Å². The first-order chi connectivity index (χ1) is 22.1. The van der Waals surface area contributed by atoms with Crippen LogP contribution in [0.3, 0.4) is 0 Å². The van der Waals surface area contributed by atoms with Gasteiger partial charge in [0.2, 0.25) is 10.0 Å². The van der Waals surface area contributed by atoms with Crippen LogP contribution in [0.2, 0.25) is 5.02 Å². The number of esters is 1. The van der Waals surface area contributed by atoms with Gasteiger partial charge in [0.25, 0.3) is 5.91 Å². The van der Waals surface area contributed by atoms with E-state index in [1.165, 1.54) is 0 Å². The SMILES string of the molecule is CCOC(=O)CO[C@H]1/C=C/C[C@H](C)[C@@H](C)S(=O)(=O)NC(=O)c2ccc3c(c2)N(CCCCc2cc(Cl)ccc2CO3)C[C@@H]2CC[C@H]21. The summed E-state index contributed by atoms with van der Waals surface area (Å²) in [7, 11) is -3.97. The molecule has 2 aromatic rings. The summed E-state index contributed by atoms with van der Waals surface area (Å²) in [6, 6.07) is 11.0. The molecule has 9 nitrogen and oxygen atoms in total. The van der Waals surface area contributed by atoms with Gasteiger partial charge in [0.15, 0.2) is 0 Å². The first-order valence-electron chi connectivity index (χ1n) is 16.3. The highest BCUT2D eigenvalue weighted by atomic mass is 35.5. The van der Waals surface area contributed by atoms with Crippen LogP contribution >= 0.6 is 11.6 Å². The molecule has 2 heterocycles. The van der Waals surface area contributed by atoms with Crippen LogP contribution in [-0.2, 0) is 37.3 Å². The van der Waals surface area contributed by atoms with Crippen LogP contribution in [0.1, 0.15) is 74.4 Å². The molecule has 3 aliphatic rings. The number of amides is 1. The lowest BCUT2D eigenvalue weighted by molar-refractivity contribution is -0.151. The van der Waals surface area contributed by atoms with Crippen molar-refractivity contribution < 1.29 is 32.2 Å². The number of halogens is 1. The minimum atomic E-state index is -3.97. The Morgan fingerprint density at radius 1 is 1.11 bits per heavy atom. The molecule has 0 saturated heterocycles. The maximum Gasteiger partial charge on any atom is 0.332 e. The number of nitrogens with zero attached hydrogens (tertiary/aromatic N) is 1. The van der Waals surface area contributed by atoms with Crippen molar-refractivity contribution in [3.8, 4) is 5.75 Å². The van der Waals surface area contributed by atoms with Gasteiger partial charge in [-0.25, -0.2) is 17.9 Å². The van der Waals surface area contributed by atoms with Gasteiger partial charge < -0.3 is 19.1 Å². The van der Waals surface area contributed by atoms with Gasteiger partial charge in [-0.15, -0.1) is 0 Å². The molecule has 2 bridgehead atoms. The number of sulfonamides is 1. The van der Waals surface area contributed by atoms with Crippen LogP contribution in [-0.4, -0.2) is 58.0 Å². The second-order valence-corrected chi connectivity index (χ2v) is 15.2. The molecule has 46 heavy (non-hydrogen) atoms. The van der Waals surface area contributed by atoms with E-state index in [0.717, 1.165) is 55.5 Å². The smallest absolute Gasteiger partial charge is 0.332 e. The molecule has 0 unspecified atom stereocenters. The lowest BCUT2D eigenvalue weighted by Gasteiger charge is -2.44. The Morgan fingerprint density at radius 2 is 1.93 bits per heavy atom. The molecule has 0 radical (unpaired) electrons. The number of anilines is 1. The van der Waals surface area contributed by atoms with E-state index < -0.39 is 27.1 Å². The van der Waals surface area contributed by atoms with Gasteiger partial charge in [-0.2, -0.15) is 0 Å². The van der Waals surface area contributed by atoms with E-state index in [0.29, 0.717) is 30.3 Å². The molecule has 0 aromatic heterocycles. The Balaban J connectivity index is 1.52. The van der Waals surface area contributed by atoms with Crippen molar-refractivity contribution in [2.45, 2.75) is 77.3 Å². The highest BCUT2D eigenvalue weighted by Crippen LogP contribution is 2.42. The van der Waals surface area contributed by atoms with E-state index in [1.807, 2.05) is 37.3 Å². The molecular weight excluding hydrogens is 628 g/mol. The van der Waals surface area contributed by atoms with Crippen LogP contribution in [0.25, 0.3) is 0 Å². The number of hydrogen-bond donors (Lipinski definition) is 1. The van der Waals surface area contributed by atoms with E-state index in [-0.39, 0.29) is 42.6 Å². The van der Waals surface area contributed by atoms with Crippen LogP contribution in [0.5, 0.6) is 5.75 Å². The van der Waals surface area contributed by atoms with Crippen LogP contribution < -0.4 is 14.4 Å². The van der Waals surface area contributed by atoms with Gasteiger partial charge in [-0.05, 0) is 112 Å². The summed E-state index contributed by atoms with van der Waals surface area (Å²) in [6.45, 7) is 7.12. The van der Waals surface area contributed by atoms with Crippen LogP contribution in [0.4, 0.5) is 5.69 Å². The number of rotatable bonds is 4. The average Bonchev–Trinajstić information content (AvgIpc) is 3.04. The number of benzene rings is 2. The molecule has 250 valence electrons. The first kappa shape index (κ1) is 34.3. The fraction of sp³-hybridized carbons (Fsp3) is 0.543. The second kappa shape index (κ2) is 15.2. The molecular formula is C35H45ClN2O7S. The molecule has 1 aliphatic carbocycles. The zero-order chi connectivity index (χ0) is 32.8. The maximum atomic E-state index is 13.4. The quantitative estimate of drug-likeness (QED) is 0.307. The average molecular weight is 673 g/mol. The van der Waals surface area contributed by atoms with E-state index in [9.17, 15) is 18.0 Å². The predicted octanol–water partition coefficient (Wildman–Crippen LogP) is 6.08. The third-order valence-electron chi connectivity index (χ3n) is 9.65. The van der Waals surface area contributed by atoms with Crippen molar-refractivity contribution in [3.05, 3.63) is 70.3 Å². The molecule has 1 fully saturated rings. The van der Waals surface area contributed by atoms with Crippen molar-refractivity contribution in [2.24, 2.45) is 17.8 Å². The lowest BCUT2D eigenvalue weighted by Crippen LogP contribution is -2.44. The Morgan fingerprint density at radius 3 is 2.70 bits per heavy atom. The molecule has 11 heteroatoms. The summed E-state index contributed by atoms with van der Waals surface area (Å²) in [6.07, 6.45) is 8.72. The van der Waals surface area contributed by atoms with Gasteiger partial charge in [-0.3, -0.25) is 4.79 Å². The molecule has 2 aromatic carbocycles. The van der Waals surface area contributed by atoms with Crippen LogP contribution in [0.15, 0.2) is 48.6 Å². The number of aryl methyl sites for hydroxylation is 1. The summed E-state index contributed by atoms with van der Waals surface area (Å²) in [5.74, 6) is -0.283. The molecule has 5 rings (SSSR count). The number of carbonyl (C=O) groups is 2. The Kier molecular flexibility index (Phi) is 11.3. The minimum absolute atomic E-state index is 0.146. The van der Waals surface area contributed by atoms with Gasteiger partial charge in [0.1, 0.15) is 19.0 Å². The molecule has 5 atom stereocenters. The number of nitrogens with one attached hydrogen (secondary N) is 1. The number of hydrogen-bond acceptors (Lipinski definition) is 8. The predicted molar refractivity (Wildman–Crippen MR) is 179 cm³/mol. The normalized spacial score (nSPS) is 27.3. The van der Waals surface area contributed by atoms with Gasteiger partial charge in [0, 0.05) is 23.7 Å². The van der Waals surface area contributed by atoms with E-state index >= 15 is 0 Å². The van der Waals surface area contributed by atoms with Crippen molar-refractivity contribution >= 4 is 39.2 Å². The van der Waals surface area contributed by atoms with Gasteiger partial charge in [0.05, 0.1) is 23.6 Å². The standard InChI is InChI=1S/C35H45ClN2O7S/c1-4-43-34(39)22-45-32-10-7-8-23(2)24(3)46(41,42)37-35(40)26-13-16-33-31(19-26)38(20-27-12-15-30(27)32)17-6-5-9-25-18-29(36)14-11-28(25)21-44-33/h7,10-11,13-14,16,18-19,23-24,27,30,32H,4-6,8-9,12,15,17,20-22H2,1-3H3,(H,37,40)/b10-7+/t23-,24+,27-,30+,32-/m0/s1. The molecule has 1 saturated carbocycles. The number of allylic oxidation sites excluding steroid dienone is 1. The van der Waals surface area contributed by atoms with Gasteiger partial charge in [-0.1, -0.05) is 36.7 Å². The maximum absolute atomic E-state index is 13.4. The monoisotopic (exact) mass is 672 g/mol. The third-order valence-corrected chi connectivity index (χ3v) is 11.8. The van der Waals surface area contributed by atoms with E-state index in [1.54, 1.807) is 32.0 Å². The van der Waals surface area contributed by atoms with Crippen molar-refractivity contribution in [1.82, 2.24) is 4.72 Å². The topological polar surface area (TPSA) is 111 Å². The largest absolute Gasteiger partial charge is 0.487 e. The molecule has 1 amide bonds. The molecule has 0 spiro atoms. The lowest BCUT2D eigenvalue weighted by atomic mass is 9.70. The third kappa shape index (κ3) is 8.25. The summed E-state index contributed by atoms with van der Waals surface area (Å²) in [5, 5.41) is -0.128. The highest BCUT2D eigenvalue weighted by Gasteiger charge is 2.39. The van der Waals surface area contributed by atoms with Crippen molar-refractivity contribution in [1.29, 1.82) is 0 Å². The Hall–Kier alpha value is -3.08. The summed E-state index contributed by atoms with van der Waals surface area (Å²) >= 11 is 6.33. The fourth-order valence-corrected chi connectivity index (χ4v) is 7.99. The van der Waals surface area contributed by atoms with Crippen molar-refractivity contribution in [3.63, 3.8) is 0 Å². The number of fused-ring (bicyclic) bond motifs is 3. The fourth-order valence-electron chi connectivity index (χ4n) is 6.51. The summed E-state index contributed by atoms with van der Waals surface area (Å²) in [5.41, 5.74) is 3.22. The first-order valence-corrected chi connectivity index (χ1v) is 18.3. The minimum Gasteiger partial charge on any atom is -0.487 e. The van der Waals surface area contributed by atoms with E-state index in [4.69, 9.17) is 25.8 Å². The summed E-state index contributed by atoms with van der Waals surface area (Å²) in [4.78, 5) is 27.9. The van der Waals surface area contributed by atoms with E-state index in [2.05, 4.69) is 9.62 Å². The Labute approximate surface area is 277 Å². The van der Waals surface area contributed by atoms with Crippen LogP contribution in [0, 0.1) is 17.8 Å². The second-order valence-electron chi connectivity index (χ2n) is 12.7. The Bertz CT molecular complexity index is 1550. The highest BCUT2D eigenvalue weighted by molar-refractivity contribution is 7.90. The zero-order valence-electron chi connectivity index (χ0n) is 26.9. The number of ether oxygens (including phenoxy) is 3.